The molecule has 2 bridgehead atoms. The normalized spacial score (nSPS) is 25.0. The first-order chi connectivity index (χ1) is 13.7. The summed E-state index contributed by atoms with van der Waals surface area (Å²) in [6.07, 6.45) is 2.40. The topological polar surface area (TPSA) is 38.5 Å². The van der Waals surface area contributed by atoms with Crippen molar-refractivity contribution >= 4 is 30.5 Å². The standard InChI is InChI=1S/C26H36N2O.2ClH/c1-18-13-22-21(23(27)14-18)15-24-25(3,4)26(22,5)11-12-28(24)16-19(2)29-17-20-9-7-6-8-10-20;;/h6-10,13-14,19,24H,11-12,15-17,27H2,1-5H3;2*1H. The maximum Gasteiger partial charge on any atom is 0.0721 e. The summed E-state index contributed by atoms with van der Waals surface area (Å²) in [5.41, 5.74) is 13.2. The van der Waals surface area contributed by atoms with Crippen LogP contribution in [0.5, 0.6) is 0 Å². The first-order valence-electron chi connectivity index (χ1n) is 11.0. The lowest BCUT2D eigenvalue weighted by molar-refractivity contribution is -0.0647. The van der Waals surface area contributed by atoms with E-state index in [1.165, 1.54) is 22.3 Å². The Kier molecular flexibility index (Phi) is 8.14. The predicted octanol–water partition coefficient (Wildman–Crippen LogP) is 5.94. The minimum Gasteiger partial charge on any atom is -0.398 e. The minimum absolute atomic E-state index is 0. The van der Waals surface area contributed by atoms with Gasteiger partial charge in [-0.15, -0.1) is 24.8 Å². The molecule has 172 valence electrons. The number of aryl methyl sites for hydroxylation is 1. The Morgan fingerprint density at radius 3 is 2.48 bits per heavy atom. The maximum atomic E-state index is 6.51. The van der Waals surface area contributed by atoms with Crippen molar-refractivity contribution in [2.75, 3.05) is 18.8 Å². The summed E-state index contributed by atoms with van der Waals surface area (Å²) in [6, 6.07) is 15.5. The van der Waals surface area contributed by atoms with Gasteiger partial charge >= 0.3 is 0 Å². The number of nitrogens with zero attached hydrogens (tertiary/aromatic N) is 1. The van der Waals surface area contributed by atoms with Gasteiger partial charge in [0.25, 0.3) is 0 Å². The summed E-state index contributed by atoms with van der Waals surface area (Å²) in [5.74, 6) is 0. The van der Waals surface area contributed by atoms with Crippen molar-refractivity contribution in [3.8, 4) is 0 Å². The Morgan fingerprint density at radius 1 is 1.13 bits per heavy atom. The highest BCUT2D eigenvalue weighted by atomic mass is 35.5. The van der Waals surface area contributed by atoms with E-state index in [1.54, 1.807) is 0 Å². The van der Waals surface area contributed by atoms with Crippen molar-refractivity contribution < 1.29 is 4.74 Å². The van der Waals surface area contributed by atoms with Crippen molar-refractivity contribution in [1.29, 1.82) is 0 Å². The van der Waals surface area contributed by atoms with Gasteiger partial charge in [0.15, 0.2) is 0 Å². The molecule has 2 aromatic rings. The zero-order valence-corrected chi connectivity index (χ0v) is 21.1. The molecule has 1 fully saturated rings. The van der Waals surface area contributed by atoms with E-state index < -0.39 is 0 Å². The Hall–Kier alpha value is -1.26. The lowest BCUT2D eigenvalue weighted by atomic mass is 9.50. The first kappa shape index (κ1) is 26.0. The number of anilines is 1. The van der Waals surface area contributed by atoms with E-state index in [1.807, 2.05) is 6.07 Å². The highest BCUT2D eigenvalue weighted by Crippen LogP contribution is 2.57. The van der Waals surface area contributed by atoms with Crippen LogP contribution >= 0.6 is 24.8 Å². The highest BCUT2D eigenvalue weighted by molar-refractivity contribution is 5.85. The zero-order chi connectivity index (χ0) is 20.8. The number of fused-ring (bicyclic) bond motifs is 4. The molecule has 5 heteroatoms. The average molecular weight is 466 g/mol. The molecule has 0 saturated carbocycles. The third-order valence-corrected chi connectivity index (χ3v) is 7.88. The molecule has 0 amide bonds. The molecule has 3 atom stereocenters. The summed E-state index contributed by atoms with van der Waals surface area (Å²) in [5, 5.41) is 0. The van der Waals surface area contributed by atoms with Gasteiger partial charge in [-0.1, -0.05) is 57.2 Å². The van der Waals surface area contributed by atoms with Crippen LogP contribution in [0.4, 0.5) is 5.69 Å². The minimum atomic E-state index is 0. The Morgan fingerprint density at radius 2 is 1.81 bits per heavy atom. The molecule has 0 radical (unpaired) electrons. The summed E-state index contributed by atoms with van der Waals surface area (Å²) in [6.45, 7) is 14.5. The summed E-state index contributed by atoms with van der Waals surface area (Å²) in [7, 11) is 0. The number of piperidine rings is 1. The van der Waals surface area contributed by atoms with E-state index in [0.29, 0.717) is 12.6 Å². The van der Waals surface area contributed by atoms with E-state index in [9.17, 15) is 0 Å². The largest absolute Gasteiger partial charge is 0.398 e. The second kappa shape index (κ2) is 9.70. The molecule has 0 aromatic heterocycles. The molecule has 4 rings (SSSR count). The van der Waals surface area contributed by atoms with Gasteiger partial charge in [-0.2, -0.15) is 0 Å². The molecule has 2 aliphatic rings. The van der Waals surface area contributed by atoms with Crippen LogP contribution in [0.3, 0.4) is 0 Å². The monoisotopic (exact) mass is 464 g/mol. The van der Waals surface area contributed by atoms with Crippen LogP contribution in [0.2, 0.25) is 0 Å². The van der Waals surface area contributed by atoms with Gasteiger partial charge in [-0.25, -0.2) is 0 Å². The zero-order valence-electron chi connectivity index (χ0n) is 19.5. The Balaban J connectivity index is 0.00000171. The van der Waals surface area contributed by atoms with E-state index in [2.05, 4.69) is 75.9 Å². The Labute approximate surface area is 200 Å². The van der Waals surface area contributed by atoms with Gasteiger partial charge in [0.2, 0.25) is 0 Å². The van der Waals surface area contributed by atoms with Gasteiger partial charge in [0.05, 0.1) is 12.7 Å². The summed E-state index contributed by atoms with van der Waals surface area (Å²) < 4.78 is 6.20. The molecule has 2 N–H and O–H groups in total. The van der Waals surface area contributed by atoms with Gasteiger partial charge in [-0.05, 0) is 67.0 Å². The lowest BCUT2D eigenvalue weighted by Crippen LogP contribution is -2.64. The molecule has 2 aromatic carbocycles. The maximum absolute atomic E-state index is 6.51. The van der Waals surface area contributed by atoms with Crippen LogP contribution in [0.1, 0.15) is 56.4 Å². The molecular formula is C26H38Cl2N2O. The fraction of sp³-hybridized carbons (Fsp3) is 0.538. The Bertz CT molecular complexity index is 886. The third kappa shape index (κ3) is 4.61. The number of nitrogens with two attached hydrogens (primary N) is 1. The van der Waals surface area contributed by atoms with Crippen LogP contribution in [0.25, 0.3) is 0 Å². The number of hydrogen-bond acceptors (Lipinski definition) is 3. The second-order valence-electron chi connectivity index (χ2n) is 10.0. The SMILES string of the molecule is Cc1cc(N)c2c(c1)C1(C)CCN(CC(C)OCc3ccccc3)C(C2)C1(C)C.Cl.Cl. The molecule has 1 aliphatic heterocycles. The van der Waals surface area contributed by atoms with Gasteiger partial charge in [0, 0.05) is 23.7 Å². The number of ether oxygens (including phenoxy) is 1. The van der Waals surface area contributed by atoms with Crippen molar-refractivity contribution in [2.45, 2.75) is 71.6 Å². The first-order valence-corrected chi connectivity index (χ1v) is 11.0. The van der Waals surface area contributed by atoms with Crippen molar-refractivity contribution in [1.82, 2.24) is 4.90 Å². The van der Waals surface area contributed by atoms with Crippen molar-refractivity contribution in [3.05, 3.63) is 64.7 Å². The molecule has 1 aliphatic carbocycles. The molecule has 31 heavy (non-hydrogen) atoms. The molecule has 0 spiro atoms. The van der Waals surface area contributed by atoms with Crippen molar-refractivity contribution in [3.63, 3.8) is 0 Å². The van der Waals surface area contributed by atoms with E-state index >= 15 is 0 Å². The number of rotatable bonds is 5. The fourth-order valence-electron chi connectivity index (χ4n) is 5.71. The summed E-state index contributed by atoms with van der Waals surface area (Å²) in [4.78, 5) is 2.67. The highest BCUT2D eigenvalue weighted by Gasteiger charge is 2.56. The van der Waals surface area contributed by atoms with E-state index in [4.69, 9.17) is 10.5 Å². The predicted molar refractivity (Wildman–Crippen MR) is 136 cm³/mol. The van der Waals surface area contributed by atoms with Crippen LogP contribution < -0.4 is 5.73 Å². The van der Waals surface area contributed by atoms with E-state index in [0.717, 1.165) is 31.6 Å². The van der Waals surface area contributed by atoms with Gasteiger partial charge in [-0.3, -0.25) is 4.90 Å². The van der Waals surface area contributed by atoms with Crippen LogP contribution in [0, 0.1) is 12.3 Å². The third-order valence-electron chi connectivity index (χ3n) is 7.88. The number of likely N-dealkylation sites (tertiary alicyclic amines) is 1. The molecule has 1 saturated heterocycles. The smallest absolute Gasteiger partial charge is 0.0721 e. The number of hydrogen-bond donors (Lipinski definition) is 1. The summed E-state index contributed by atoms with van der Waals surface area (Å²) >= 11 is 0. The van der Waals surface area contributed by atoms with Crippen LogP contribution in [-0.4, -0.2) is 30.1 Å². The van der Waals surface area contributed by atoms with Gasteiger partial charge in [0.1, 0.15) is 0 Å². The molecule has 3 nitrogen and oxygen atoms in total. The fourth-order valence-corrected chi connectivity index (χ4v) is 5.71. The van der Waals surface area contributed by atoms with Crippen molar-refractivity contribution in [2.24, 2.45) is 5.41 Å². The number of nitrogen functional groups attached to an aromatic ring is 1. The molecular weight excluding hydrogens is 427 g/mol. The quantitative estimate of drug-likeness (QED) is 0.556. The van der Waals surface area contributed by atoms with Crippen LogP contribution in [-0.2, 0) is 23.2 Å². The molecule has 1 heterocycles. The van der Waals surface area contributed by atoms with E-state index in [-0.39, 0.29) is 41.7 Å². The number of halogens is 2. The second-order valence-corrected chi connectivity index (χ2v) is 10.0. The average Bonchev–Trinajstić information content (AvgIpc) is 2.67. The van der Waals surface area contributed by atoms with Gasteiger partial charge < -0.3 is 10.5 Å². The lowest BCUT2D eigenvalue weighted by Gasteiger charge is -2.61. The number of benzene rings is 2. The molecule has 3 unspecified atom stereocenters. The van der Waals surface area contributed by atoms with Crippen LogP contribution in [0.15, 0.2) is 42.5 Å².